The van der Waals surface area contributed by atoms with Crippen molar-refractivity contribution in [3.8, 4) is 11.4 Å². The Morgan fingerprint density at radius 2 is 1.87 bits per heavy atom. The number of sulfone groups is 1. The molecule has 1 amide bonds. The second-order valence-electron chi connectivity index (χ2n) is 7.19. The molecule has 0 saturated carbocycles. The van der Waals surface area contributed by atoms with Crippen molar-refractivity contribution in [1.29, 1.82) is 0 Å². The summed E-state index contributed by atoms with van der Waals surface area (Å²) >= 11 is 3.46. The highest BCUT2D eigenvalue weighted by atomic mass is 79.9. The number of rotatable bonds is 6. The lowest BCUT2D eigenvalue weighted by molar-refractivity contribution is -0.134. The van der Waals surface area contributed by atoms with Crippen LogP contribution in [0.5, 0.6) is 0 Å². The topological polar surface area (TPSA) is 98.1 Å². The summed E-state index contributed by atoms with van der Waals surface area (Å²) in [6.07, 6.45) is 0.438. The van der Waals surface area contributed by atoms with Gasteiger partial charge in [0.2, 0.25) is 11.7 Å². The zero-order valence-electron chi connectivity index (χ0n) is 16.1. The number of tetrazole rings is 1. The first kappa shape index (κ1) is 20.7. The normalized spacial score (nSPS) is 17.7. The zero-order chi connectivity index (χ0) is 21.1. The standard InChI is InChI=1S/C20H20BrN5O3S/c21-18-9-5-4-8-17(18)20-22-24-26(23-20)13-19(27)25(12-15-6-2-1-3-7-15)16-10-11-30(28,29)14-16/h1-9,16H,10-14H2. The summed E-state index contributed by atoms with van der Waals surface area (Å²) in [7, 11) is -3.13. The van der Waals surface area contributed by atoms with Crippen LogP contribution < -0.4 is 0 Å². The maximum absolute atomic E-state index is 13.1. The van der Waals surface area contributed by atoms with Gasteiger partial charge in [0.05, 0.1) is 11.5 Å². The van der Waals surface area contributed by atoms with Crippen LogP contribution in [0.4, 0.5) is 0 Å². The predicted octanol–water partition coefficient (Wildman–Crippen LogP) is 2.32. The van der Waals surface area contributed by atoms with Crippen molar-refractivity contribution in [3.05, 3.63) is 64.6 Å². The summed E-state index contributed by atoms with van der Waals surface area (Å²) in [6, 6.07) is 16.7. The summed E-state index contributed by atoms with van der Waals surface area (Å²) in [4.78, 5) is 16.0. The van der Waals surface area contributed by atoms with Gasteiger partial charge in [-0.1, -0.05) is 58.4 Å². The van der Waals surface area contributed by atoms with Crippen LogP contribution in [0.1, 0.15) is 12.0 Å². The Morgan fingerprint density at radius 1 is 1.13 bits per heavy atom. The number of hydrogen-bond acceptors (Lipinski definition) is 6. The molecule has 4 rings (SSSR count). The first-order chi connectivity index (χ1) is 14.4. The van der Waals surface area contributed by atoms with Crippen molar-refractivity contribution < 1.29 is 13.2 Å². The minimum Gasteiger partial charge on any atom is -0.333 e. The Hall–Kier alpha value is -2.59. The van der Waals surface area contributed by atoms with Crippen LogP contribution >= 0.6 is 15.9 Å². The van der Waals surface area contributed by atoms with Crippen LogP contribution in [0.25, 0.3) is 11.4 Å². The smallest absolute Gasteiger partial charge is 0.246 e. The van der Waals surface area contributed by atoms with Crippen LogP contribution in [0.3, 0.4) is 0 Å². The molecule has 0 radical (unpaired) electrons. The van der Waals surface area contributed by atoms with Crippen molar-refractivity contribution in [2.45, 2.75) is 25.6 Å². The summed E-state index contributed by atoms with van der Waals surface area (Å²) in [5, 5.41) is 12.4. The molecule has 156 valence electrons. The number of hydrogen-bond donors (Lipinski definition) is 0. The highest BCUT2D eigenvalue weighted by Gasteiger charge is 2.35. The number of amides is 1. The lowest BCUT2D eigenvalue weighted by Gasteiger charge is -2.28. The van der Waals surface area contributed by atoms with Crippen LogP contribution in [0, 0.1) is 0 Å². The third-order valence-corrected chi connectivity index (χ3v) is 7.45. The molecule has 1 aliphatic rings. The van der Waals surface area contributed by atoms with Gasteiger partial charge in [-0.3, -0.25) is 4.79 Å². The molecule has 8 nitrogen and oxygen atoms in total. The van der Waals surface area contributed by atoms with Crippen LogP contribution in [0.15, 0.2) is 59.1 Å². The third kappa shape index (κ3) is 4.76. The van der Waals surface area contributed by atoms with E-state index >= 15 is 0 Å². The van der Waals surface area contributed by atoms with Crippen molar-refractivity contribution in [3.63, 3.8) is 0 Å². The quantitative estimate of drug-likeness (QED) is 0.526. The molecule has 0 bridgehead atoms. The van der Waals surface area contributed by atoms with E-state index in [1.165, 1.54) is 4.80 Å². The van der Waals surface area contributed by atoms with Gasteiger partial charge in [-0.25, -0.2) is 8.42 Å². The van der Waals surface area contributed by atoms with Gasteiger partial charge in [-0.05, 0) is 29.3 Å². The molecule has 0 N–H and O–H groups in total. The molecule has 0 spiro atoms. The van der Waals surface area contributed by atoms with E-state index in [9.17, 15) is 13.2 Å². The number of halogens is 1. The number of carbonyl (C=O) groups excluding carboxylic acids is 1. The average molecular weight is 490 g/mol. The molecule has 30 heavy (non-hydrogen) atoms. The molecular weight excluding hydrogens is 470 g/mol. The van der Waals surface area contributed by atoms with Gasteiger partial charge in [-0.2, -0.15) is 4.80 Å². The number of benzene rings is 2. The monoisotopic (exact) mass is 489 g/mol. The van der Waals surface area contributed by atoms with Gasteiger partial charge in [0, 0.05) is 22.6 Å². The van der Waals surface area contributed by atoms with Crippen molar-refractivity contribution in [1.82, 2.24) is 25.1 Å². The fraction of sp³-hybridized carbons (Fsp3) is 0.300. The van der Waals surface area contributed by atoms with Gasteiger partial charge in [-0.15, -0.1) is 10.2 Å². The molecule has 0 aliphatic carbocycles. The maximum Gasteiger partial charge on any atom is 0.246 e. The summed E-state index contributed by atoms with van der Waals surface area (Å²) in [6.45, 7) is 0.229. The second kappa shape index (κ2) is 8.65. The highest BCUT2D eigenvalue weighted by Crippen LogP contribution is 2.24. The molecular formula is C20H20BrN5O3S. The van der Waals surface area contributed by atoms with Gasteiger partial charge in [0.15, 0.2) is 9.84 Å². The zero-order valence-corrected chi connectivity index (χ0v) is 18.5. The molecule has 2 heterocycles. The summed E-state index contributed by atoms with van der Waals surface area (Å²) < 4.78 is 24.8. The van der Waals surface area contributed by atoms with E-state index in [0.717, 1.165) is 15.6 Å². The van der Waals surface area contributed by atoms with Crippen molar-refractivity contribution in [2.75, 3.05) is 11.5 Å². The van der Waals surface area contributed by atoms with Gasteiger partial charge >= 0.3 is 0 Å². The molecule has 1 saturated heterocycles. The van der Waals surface area contributed by atoms with E-state index in [4.69, 9.17) is 0 Å². The Balaban J connectivity index is 1.54. The molecule has 1 aromatic heterocycles. The second-order valence-corrected chi connectivity index (χ2v) is 10.3. The maximum atomic E-state index is 13.1. The molecule has 1 unspecified atom stereocenters. The SMILES string of the molecule is O=C(Cn1nnc(-c2ccccc2Br)n1)N(Cc1ccccc1)C1CCS(=O)(=O)C1. The van der Waals surface area contributed by atoms with Crippen LogP contribution in [-0.2, 0) is 27.7 Å². The number of nitrogens with zero attached hydrogens (tertiary/aromatic N) is 5. The summed E-state index contributed by atoms with van der Waals surface area (Å²) in [5.41, 5.74) is 1.72. The Morgan fingerprint density at radius 3 is 2.57 bits per heavy atom. The molecule has 1 fully saturated rings. The lowest BCUT2D eigenvalue weighted by Crippen LogP contribution is -2.42. The average Bonchev–Trinajstić information content (AvgIpc) is 3.33. The van der Waals surface area contributed by atoms with E-state index < -0.39 is 9.84 Å². The number of aromatic nitrogens is 4. The highest BCUT2D eigenvalue weighted by molar-refractivity contribution is 9.10. The minimum absolute atomic E-state index is 0.0153. The Labute approximate surface area is 182 Å². The van der Waals surface area contributed by atoms with E-state index in [1.807, 2.05) is 54.6 Å². The molecule has 10 heteroatoms. The van der Waals surface area contributed by atoms with Gasteiger partial charge in [0.1, 0.15) is 6.54 Å². The van der Waals surface area contributed by atoms with E-state index in [-0.39, 0.29) is 30.0 Å². The van der Waals surface area contributed by atoms with E-state index in [1.54, 1.807) is 4.90 Å². The van der Waals surface area contributed by atoms with E-state index in [0.29, 0.717) is 18.8 Å². The first-order valence-corrected chi connectivity index (χ1v) is 12.1. The first-order valence-electron chi connectivity index (χ1n) is 9.48. The van der Waals surface area contributed by atoms with Gasteiger partial charge < -0.3 is 4.90 Å². The summed E-state index contributed by atoms with van der Waals surface area (Å²) in [5.74, 6) is 0.258. The van der Waals surface area contributed by atoms with Crippen LogP contribution in [-0.4, -0.2) is 57.0 Å². The van der Waals surface area contributed by atoms with Crippen molar-refractivity contribution in [2.24, 2.45) is 0 Å². The largest absolute Gasteiger partial charge is 0.333 e. The van der Waals surface area contributed by atoms with Gasteiger partial charge in [0.25, 0.3) is 0 Å². The fourth-order valence-electron chi connectivity index (χ4n) is 3.49. The van der Waals surface area contributed by atoms with Crippen molar-refractivity contribution >= 4 is 31.7 Å². The lowest BCUT2D eigenvalue weighted by atomic mass is 10.1. The Bertz CT molecular complexity index is 1150. The number of carbonyl (C=O) groups is 1. The van der Waals surface area contributed by atoms with E-state index in [2.05, 4.69) is 31.3 Å². The minimum atomic E-state index is -3.13. The Kier molecular flexibility index (Phi) is 5.96. The molecule has 2 aromatic carbocycles. The predicted molar refractivity (Wildman–Crippen MR) is 115 cm³/mol. The molecule has 1 atom stereocenters. The third-order valence-electron chi connectivity index (χ3n) is 5.01. The molecule has 3 aromatic rings. The fourth-order valence-corrected chi connectivity index (χ4v) is 5.69. The van der Waals surface area contributed by atoms with Crippen LogP contribution in [0.2, 0.25) is 0 Å². The molecule has 1 aliphatic heterocycles.